The molecule has 2 heterocycles. The van der Waals surface area contributed by atoms with E-state index in [1.165, 1.54) is 0 Å². The molecule has 0 bridgehead atoms. The zero-order chi connectivity index (χ0) is 8.97. The van der Waals surface area contributed by atoms with Crippen LogP contribution in [-0.4, -0.2) is 20.4 Å². The van der Waals surface area contributed by atoms with E-state index in [1.807, 2.05) is 20.8 Å². The number of nitrogens with one attached hydrogen (secondary N) is 1. The molecule has 0 atom stereocenters. The van der Waals surface area contributed by atoms with Crippen LogP contribution >= 0.6 is 0 Å². The highest BCUT2D eigenvalue weighted by atomic mass is 15.2. The van der Waals surface area contributed by atoms with E-state index in [4.69, 9.17) is 0 Å². The van der Waals surface area contributed by atoms with Gasteiger partial charge in [-0.25, -0.2) is 0 Å². The summed E-state index contributed by atoms with van der Waals surface area (Å²) in [5, 5.41) is 15.2. The molecule has 4 nitrogen and oxygen atoms in total. The van der Waals surface area contributed by atoms with Crippen LogP contribution in [-0.2, 0) is 0 Å². The average Bonchev–Trinajstić information content (AvgIpc) is 2.57. The van der Waals surface area contributed by atoms with Gasteiger partial charge in [0.2, 0.25) is 0 Å². The Morgan fingerprint density at radius 2 is 2.00 bits per heavy atom. The molecule has 0 radical (unpaired) electrons. The molecule has 2 aromatic heterocycles. The van der Waals surface area contributed by atoms with Gasteiger partial charge in [0.1, 0.15) is 0 Å². The van der Waals surface area contributed by atoms with Gasteiger partial charge in [0.15, 0.2) is 5.65 Å². The molecule has 0 fully saturated rings. The first-order chi connectivity index (χ1) is 5.88. The van der Waals surface area contributed by atoms with Gasteiger partial charge in [-0.05, 0) is 12.5 Å². The number of hydrogen-bond acceptors (Lipinski definition) is 3. The van der Waals surface area contributed by atoms with Gasteiger partial charge in [0.25, 0.3) is 0 Å². The quantitative estimate of drug-likeness (QED) is 0.644. The molecule has 12 heavy (non-hydrogen) atoms. The van der Waals surface area contributed by atoms with Crippen molar-refractivity contribution in [3.8, 4) is 0 Å². The van der Waals surface area contributed by atoms with E-state index in [0.717, 1.165) is 16.6 Å². The second-order valence-electron chi connectivity index (χ2n) is 2.16. The molecule has 0 aliphatic heterocycles. The van der Waals surface area contributed by atoms with Crippen LogP contribution < -0.4 is 0 Å². The van der Waals surface area contributed by atoms with Gasteiger partial charge in [-0.15, -0.1) is 5.10 Å². The highest BCUT2D eigenvalue weighted by molar-refractivity contribution is 5.76. The predicted octanol–water partition coefficient (Wildman–Crippen LogP) is 1.69. The van der Waals surface area contributed by atoms with E-state index in [2.05, 4.69) is 20.4 Å². The maximum Gasteiger partial charge on any atom is 0.178 e. The maximum atomic E-state index is 3.83. The third-order valence-corrected chi connectivity index (χ3v) is 1.45. The van der Waals surface area contributed by atoms with Gasteiger partial charge in [0, 0.05) is 5.39 Å². The first-order valence-corrected chi connectivity index (χ1v) is 3.99. The standard InChI is InChI=1S/C6H6N4.C2H6/c1-4-2-7-9-6-5(4)3-8-10-6;1-2/h2-3H,1H3,(H,8,9,10);1-2H3. The van der Waals surface area contributed by atoms with E-state index in [1.54, 1.807) is 12.4 Å². The third-order valence-electron chi connectivity index (χ3n) is 1.45. The fourth-order valence-corrected chi connectivity index (χ4v) is 0.887. The van der Waals surface area contributed by atoms with Crippen LogP contribution in [0.1, 0.15) is 19.4 Å². The SMILES string of the molecule is CC.Cc1cnnc2[nH]ncc12. The number of fused-ring (bicyclic) bond motifs is 1. The minimum absolute atomic E-state index is 0.750. The van der Waals surface area contributed by atoms with E-state index >= 15 is 0 Å². The summed E-state index contributed by atoms with van der Waals surface area (Å²) in [5.41, 5.74) is 1.85. The molecule has 2 aromatic rings. The lowest BCUT2D eigenvalue weighted by Crippen LogP contribution is -1.83. The van der Waals surface area contributed by atoms with Crippen LogP contribution in [0.4, 0.5) is 0 Å². The molecule has 0 unspecified atom stereocenters. The minimum atomic E-state index is 0.750. The second kappa shape index (κ2) is 3.80. The molecular weight excluding hydrogens is 152 g/mol. The summed E-state index contributed by atoms with van der Waals surface area (Å²) in [7, 11) is 0. The van der Waals surface area contributed by atoms with Crippen molar-refractivity contribution in [3.63, 3.8) is 0 Å². The number of aromatic nitrogens is 4. The second-order valence-corrected chi connectivity index (χ2v) is 2.16. The molecule has 64 valence electrons. The normalized spacial score (nSPS) is 9.25. The Morgan fingerprint density at radius 3 is 2.67 bits per heavy atom. The fourth-order valence-electron chi connectivity index (χ4n) is 0.887. The van der Waals surface area contributed by atoms with Crippen molar-refractivity contribution in [2.45, 2.75) is 20.8 Å². The molecule has 2 rings (SSSR count). The highest BCUT2D eigenvalue weighted by Crippen LogP contribution is 2.09. The van der Waals surface area contributed by atoms with Crippen molar-refractivity contribution < 1.29 is 0 Å². The number of aromatic amines is 1. The van der Waals surface area contributed by atoms with Crippen molar-refractivity contribution in [1.82, 2.24) is 20.4 Å². The molecule has 0 aliphatic carbocycles. The van der Waals surface area contributed by atoms with E-state index in [0.29, 0.717) is 0 Å². The Hall–Kier alpha value is -1.45. The number of nitrogens with zero attached hydrogens (tertiary/aromatic N) is 3. The molecule has 1 N–H and O–H groups in total. The monoisotopic (exact) mass is 164 g/mol. The summed E-state index contributed by atoms with van der Waals surface area (Å²) in [6.45, 7) is 5.98. The van der Waals surface area contributed by atoms with Gasteiger partial charge < -0.3 is 0 Å². The zero-order valence-electron chi connectivity index (χ0n) is 7.50. The topological polar surface area (TPSA) is 54.5 Å². The van der Waals surface area contributed by atoms with Gasteiger partial charge in [0.05, 0.1) is 12.4 Å². The Labute approximate surface area is 71.0 Å². The van der Waals surface area contributed by atoms with Gasteiger partial charge in [-0.2, -0.15) is 10.2 Å². The number of aryl methyl sites for hydroxylation is 1. The van der Waals surface area contributed by atoms with Crippen molar-refractivity contribution >= 4 is 11.0 Å². The molecule has 0 aliphatic rings. The Balaban J connectivity index is 0.000000336. The number of rotatable bonds is 0. The molecule has 4 heteroatoms. The largest absolute Gasteiger partial charge is 0.259 e. The molecule has 0 spiro atoms. The highest BCUT2D eigenvalue weighted by Gasteiger charge is 1.97. The molecule has 0 aromatic carbocycles. The van der Waals surface area contributed by atoms with Crippen molar-refractivity contribution in [2.75, 3.05) is 0 Å². The van der Waals surface area contributed by atoms with E-state index in [9.17, 15) is 0 Å². The lowest BCUT2D eigenvalue weighted by atomic mass is 10.2. The first kappa shape index (κ1) is 8.64. The zero-order valence-corrected chi connectivity index (χ0v) is 7.50. The molecule has 0 saturated carbocycles. The smallest absolute Gasteiger partial charge is 0.178 e. The van der Waals surface area contributed by atoms with Crippen LogP contribution in [0.5, 0.6) is 0 Å². The van der Waals surface area contributed by atoms with Crippen molar-refractivity contribution in [1.29, 1.82) is 0 Å². The Bertz CT molecular complexity index is 353. The lowest BCUT2D eigenvalue weighted by Gasteiger charge is -1.88. The van der Waals surface area contributed by atoms with E-state index < -0.39 is 0 Å². The number of H-pyrrole nitrogens is 1. The summed E-state index contributed by atoms with van der Waals surface area (Å²) in [6, 6.07) is 0. The summed E-state index contributed by atoms with van der Waals surface area (Å²) < 4.78 is 0. The maximum absolute atomic E-state index is 3.83. The van der Waals surface area contributed by atoms with Crippen LogP contribution in [0.25, 0.3) is 11.0 Å². The molecule has 0 saturated heterocycles. The predicted molar refractivity (Wildman–Crippen MR) is 47.8 cm³/mol. The first-order valence-electron chi connectivity index (χ1n) is 3.99. The molecular formula is C8H12N4. The average molecular weight is 164 g/mol. The summed E-state index contributed by atoms with van der Waals surface area (Å²) in [6.07, 6.45) is 3.47. The Kier molecular flexibility index (Phi) is 2.74. The fraction of sp³-hybridized carbons (Fsp3) is 0.375. The van der Waals surface area contributed by atoms with Crippen molar-refractivity contribution in [3.05, 3.63) is 18.0 Å². The minimum Gasteiger partial charge on any atom is -0.259 e. The lowest BCUT2D eigenvalue weighted by molar-refractivity contribution is 1.02. The van der Waals surface area contributed by atoms with Crippen LogP contribution in [0.15, 0.2) is 12.4 Å². The van der Waals surface area contributed by atoms with Gasteiger partial charge in [-0.3, -0.25) is 5.10 Å². The van der Waals surface area contributed by atoms with Gasteiger partial charge in [-0.1, -0.05) is 13.8 Å². The Morgan fingerprint density at radius 1 is 1.25 bits per heavy atom. The molecule has 0 amide bonds. The summed E-state index contributed by atoms with van der Waals surface area (Å²) in [5.74, 6) is 0. The van der Waals surface area contributed by atoms with E-state index in [-0.39, 0.29) is 0 Å². The van der Waals surface area contributed by atoms with Crippen LogP contribution in [0.3, 0.4) is 0 Å². The summed E-state index contributed by atoms with van der Waals surface area (Å²) >= 11 is 0. The van der Waals surface area contributed by atoms with Crippen LogP contribution in [0.2, 0.25) is 0 Å². The summed E-state index contributed by atoms with van der Waals surface area (Å²) in [4.78, 5) is 0. The third kappa shape index (κ3) is 1.42. The van der Waals surface area contributed by atoms with Crippen molar-refractivity contribution in [2.24, 2.45) is 0 Å². The van der Waals surface area contributed by atoms with Crippen LogP contribution in [0, 0.1) is 6.92 Å². The number of hydrogen-bond donors (Lipinski definition) is 1. The van der Waals surface area contributed by atoms with Gasteiger partial charge >= 0.3 is 0 Å².